The Labute approximate surface area is 145 Å². The first kappa shape index (κ1) is 18.6. The van der Waals surface area contributed by atoms with Gasteiger partial charge in [0.05, 0.1) is 6.20 Å². The van der Waals surface area contributed by atoms with Crippen LogP contribution in [0.2, 0.25) is 0 Å². The molecule has 0 spiro atoms. The molecule has 0 bridgehead atoms. The Kier molecular flexibility index (Phi) is 5.21. The normalized spacial score (nSPS) is 11.4. The van der Waals surface area contributed by atoms with Crippen molar-refractivity contribution >= 4 is 21.7 Å². The fourth-order valence-corrected chi connectivity index (χ4v) is 2.90. The second kappa shape index (κ2) is 7.01. The SMILES string of the molecule is CC(C)n1cc(S(=O)(=O)NC(=O)[n+]2ccc(N(C)C)cc2)cnc1=O. The van der Waals surface area contributed by atoms with Crippen LogP contribution in [0.4, 0.5) is 10.5 Å². The van der Waals surface area contributed by atoms with E-state index >= 15 is 0 Å². The van der Waals surface area contributed by atoms with E-state index in [-0.39, 0.29) is 10.9 Å². The van der Waals surface area contributed by atoms with Gasteiger partial charge < -0.3 is 4.90 Å². The van der Waals surface area contributed by atoms with E-state index in [9.17, 15) is 18.0 Å². The van der Waals surface area contributed by atoms with Gasteiger partial charge in [-0.15, -0.1) is 4.72 Å². The molecule has 134 valence electrons. The maximum absolute atomic E-state index is 12.4. The maximum Gasteiger partial charge on any atom is 0.511 e. The van der Waals surface area contributed by atoms with E-state index in [1.807, 2.05) is 23.7 Å². The number of carbonyl (C=O) groups is 1. The molecule has 9 nitrogen and oxygen atoms in total. The molecule has 0 fully saturated rings. The van der Waals surface area contributed by atoms with Crippen LogP contribution < -0.4 is 19.9 Å². The zero-order valence-electron chi connectivity index (χ0n) is 14.4. The lowest BCUT2D eigenvalue weighted by atomic mass is 10.4. The number of hydrogen-bond acceptors (Lipinski definition) is 6. The number of sulfonamides is 1. The molecule has 0 aliphatic rings. The van der Waals surface area contributed by atoms with Gasteiger partial charge in [0.25, 0.3) is 0 Å². The second-order valence-corrected chi connectivity index (χ2v) is 7.52. The summed E-state index contributed by atoms with van der Waals surface area (Å²) in [5, 5.41) is 0. The van der Waals surface area contributed by atoms with E-state index in [0.29, 0.717) is 0 Å². The third-order valence-electron chi connectivity index (χ3n) is 3.44. The fourth-order valence-electron chi connectivity index (χ4n) is 2.00. The highest BCUT2D eigenvalue weighted by molar-refractivity contribution is 7.90. The van der Waals surface area contributed by atoms with Gasteiger partial charge in [0.15, 0.2) is 0 Å². The van der Waals surface area contributed by atoms with Gasteiger partial charge in [0.2, 0.25) is 0 Å². The van der Waals surface area contributed by atoms with Crippen molar-refractivity contribution in [2.45, 2.75) is 24.8 Å². The Morgan fingerprint density at radius 2 is 1.88 bits per heavy atom. The first-order chi connectivity index (χ1) is 11.6. The average molecular weight is 366 g/mol. The zero-order chi connectivity index (χ0) is 18.8. The van der Waals surface area contributed by atoms with Crippen LogP contribution >= 0.6 is 0 Å². The van der Waals surface area contributed by atoms with Crippen molar-refractivity contribution in [1.82, 2.24) is 14.3 Å². The van der Waals surface area contributed by atoms with Crippen molar-refractivity contribution in [3.63, 3.8) is 0 Å². The minimum absolute atomic E-state index is 0.264. The summed E-state index contributed by atoms with van der Waals surface area (Å²) in [4.78, 5) is 28.9. The minimum atomic E-state index is -4.16. The van der Waals surface area contributed by atoms with Gasteiger partial charge in [0, 0.05) is 44.2 Å². The molecular formula is C15H20N5O4S+. The molecule has 0 unspecified atom stereocenters. The summed E-state index contributed by atoms with van der Waals surface area (Å²) in [6, 6.07) is 2.24. The monoisotopic (exact) mass is 366 g/mol. The lowest BCUT2D eigenvalue weighted by Gasteiger charge is -2.11. The first-order valence-electron chi connectivity index (χ1n) is 7.46. The molecule has 0 aliphatic heterocycles. The summed E-state index contributed by atoms with van der Waals surface area (Å²) in [6.45, 7) is 3.44. The molecule has 2 rings (SSSR count). The molecular weight excluding hydrogens is 346 g/mol. The minimum Gasteiger partial charge on any atom is -0.377 e. The number of anilines is 1. The quantitative estimate of drug-likeness (QED) is 0.771. The second-order valence-electron chi connectivity index (χ2n) is 5.84. The van der Waals surface area contributed by atoms with Crippen LogP contribution in [0, 0.1) is 0 Å². The van der Waals surface area contributed by atoms with Gasteiger partial charge >= 0.3 is 21.7 Å². The Morgan fingerprint density at radius 1 is 1.28 bits per heavy atom. The van der Waals surface area contributed by atoms with Crippen LogP contribution in [0.1, 0.15) is 19.9 Å². The zero-order valence-corrected chi connectivity index (χ0v) is 15.2. The largest absolute Gasteiger partial charge is 0.511 e. The van der Waals surface area contributed by atoms with Crippen LogP contribution in [0.15, 0.2) is 46.6 Å². The molecule has 10 heteroatoms. The van der Waals surface area contributed by atoms with Crippen molar-refractivity contribution < 1.29 is 17.8 Å². The van der Waals surface area contributed by atoms with Gasteiger partial charge in [-0.25, -0.2) is 9.78 Å². The molecule has 0 saturated heterocycles. The maximum atomic E-state index is 12.4. The predicted molar refractivity (Wildman–Crippen MR) is 91.0 cm³/mol. The predicted octanol–water partition coefficient (Wildman–Crippen LogP) is 0.124. The highest BCUT2D eigenvalue weighted by atomic mass is 32.2. The average Bonchev–Trinajstić information content (AvgIpc) is 2.54. The van der Waals surface area contributed by atoms with E-state index in [0.717, 1.165) is 22.6 Å². The molecule has 2 heterocycles. The highest BCUT2D eigenvalue weighted by Gasteiger charge is 2.27. The van der Waals surface area contributed by atoms with Crippen molar-refractivity contribution in [3.8, 4) is 0 Å². The van der Waals surface area contributed by atoms with Gasteiger partial charge in [0.1, 0.15) is 17.3 Å². The molecule has 0 atom stereocenters. The number of aromatic nitrogens is 3. The number of carbonyl (C=O) groups excluding carboxylic acids is 1. The molecule has 2 aromatic heterocycles. The summed E-state index contributed by atoms with van der Waals surface area (Å²) in [7, 11) is -0.464. The Balaban J connectivity index is 2.27. The summed E-state index contributed by atoms with van der Waals surface area (Å²) < 4.78 is 29.0. The number of rotatable bonds is 4. The number of nitrogens with zero attached hydrogens (tertiary/aromatic N) is 4. The molecule has 25 heavy (non-hydrogen) atoms. The van der Waals surface area contributed by atoms with E-state index in [1.165, 1.54) is 17.0 Å². The van der Waals surface area contributed by atoms with Gasteiger partial charge in [-0.2, -0.15) is 17.8 Å². The van der Waals surface area contributed by atoms with E-state index in [1.54, 1.807) is 26.0 Å². The summed E-state index contributed by atoms with van der Waals surface area (Å²) in [6.07, 6.45) is 4.99. The molecule has 0 saturated carbocycles. The number of hydrogen-bond donors (Lipinski definition) is 1. The van der Waals surface area contributed by atoms with Crippen molar-refractivity contribution in [2.24, 2.45) is 0 Å². The Morgan fingerprint density at radius 3 is 2.40 bits per heavy atom. The van der Waals surface area contributed by atoms with Gasteiger partial charge in [-0.1, -0.05) is 0 Å². The topological polar surface area (TPSA) is 105 Å². The highest BCUT2D eigenvalue weighted by Crippen LogP contribution is 2.08. The summed E-state index contributed by atoms with van der Waals surface area (Å²) >= 11 is 0. The van der Waals surface area contributed by atoms with E-state index < -0.39 is 21.7 Å². The van der Waals surface area contributed by atoms with Crippen LogP contribution in [-0.2, 0) is 10.0 Å². The number of nitrogens with one attached hydrogen (secondary N) is 1. The fraction of sp³-hybridized carbons (Fsp3) is 0.333. The lowest BCUT2D eigenvalue weighted by molar-refractivity contribution is -0.570. The molecule has 0 radical (unpaired) electrons. The van der Waals surface area contributed by atoms with Crippen LogP contribution in [-0.4, -0.2) is 38.1 Å². The van der Waals surface area contributed by atoms with Crippen molar-refractivity contribution in [1.29, 1.82) is 0 Å². The summed E-state index contributed by atoms with van der Waals surface area (Å²) in [5.74, 6) is 0. The Hall–Kier alpha value is -2.75. The van der Waals surface area contributed by atoms with E-state index in [2.05, 4.69) is 4.98 Å². The molecule has 0 aliphatic carbocycles. The van der Waals surface area contributed by atoms with E-state index in [4.69, 9.17) is 0 Å². The van der Waals surface area contributed by atoms with Crippen LogP contribution in [0.25, 0.3) is 0 Å². The van der Waals surface area contributed by atoms with Gasteiger partial charge in [-0.3, -0.25) is 4.57 Å². The molecule has 0 aromatic carbocycles. The van der Waals surface area contributed by atoms with Crippen LogP contribution in [0.5, 0.6) is 0 Å². The third kappa shape index (κ3) is 4.21. The summed E-state index contributed by atoms with van der Waals surface area (Å²) in [5.41, 5.74) is 0.300. The van der Waals surface area contributed by atoms with Crippen molar-refractivity contribution in [3.05, 3.63) is 47.4 Å². The standard InChI is InChI=1S/C15H19N5O4S/c1-11(2)20-10-13(9-16-14(20)21)25(23,24)17-15(22)19-7-5-12(6-8-19)18(3)4/h5-11H,1-4H3/p+1. The first-order valence-corrected chi connectivity index (χ1v) is 8.94. The molecule has 2 aromatic rings. The third-order valence-corrected chi connectivity index (χ3v) is 4.72. The smallest absolute Gasteiger partial charge is 0.377 e. The number of pyridine rings is 1. The van der Waals surface area contributed by atoms with Crippen molar-refractivity contribution in [2.75, 3.05) is 19.0 Å². The Bertz CT molecular complexity index is 933. The lowest BCUT2D eigenvalue weighted by Crippen LogP contribution is -2.51. The van der Waals surface area contributed by atoms with Gasteiger partial charge in [-0.05, 0) is 13.8 Å². The van der Waals surface area contributed by atoms with Crippen LogP contribution in [0.3, 0.4) is 0 Å². The molecule has 1 amide bonds. The molecule has 1 N–H and O–H groups in total. The number of amides is 1.